The van der Waals surface area contributed by atoms with Crippen molar-refractivity contribution in [2.45, 2.75) is 40.7 Å². The third kappa shape index (κ3) is 4.65. The Morgan fingerprint density at radius 1 is 1.47 bits per heavy atom. The zero-order valence-electron chi connectivity index (χ0n) is 12.6. The third-order valence-corrected chi connectivity index (χ3v) is 3.58. The molecule has 1 unspecified atom stereocenters. The van der Waals surface area contributed by atoms with E-state index in [0.29, 0.717) is 5.56 Å². The van der Waals surface area contributed by atoms with Crippen molar-refractivity contribution in [2.24, 2.45) is 11.8 Å². The van der Waals surface area contributed by atoms with Gasteiger partial charge in [0.25, 0.3) is 0 Å². The lowest BCUT2D eigenvalue weighted by molar-refractivity contribution is 0.294. The fraction of sp³-hybridized carbons (Fsp3) is 0.625. The molecule has 1 aliphatic heterocycles. The molecule has 1 aromatic heterocycles. The quantitative estimate of drug-likeness (QED) is 0.834. The van der Waals surface area contributed by atoms with Gasteiger partial charge < -0.3 is 0 Å². The molecule has 1 aromatic rings. The van der Waals surface area contributed by atoms with Crippen LogP contribution in [0.5, 0.6) is 0 Å². The molecule has 1 aliphatic rings. The fourth-order valence-electron chi connectivity index (χ4n) is 2.41. The molecule has 3 nitrogen and oxygen atoms in total. The van der Waals surface area contributed by atoms with E-state index in [1.54, 1.807) is 12.3 Å². The van der Waals surface area contributed by atoms with Crippen molar-refractivity contribution in [3.63, 3.8) is 0 Å². The second-order valence-electron chi connectivity index (χ2n) is 5.18. The predicted molar refractivity (Wildman–Crippen MR) is 78.5 cm³/mol. The first-order valence-electron chi connectivity index (χ1n) is 7.26. The van der Waals surface area contributed by atoms with E-state index in [4.69, 9.17) is 5.26 Å². The van der Waals surface area contributed by atoms with Gasteiger partial charge in [-0.25, -0.2) is 0 Å². The lowest BCUT2D eigenvalue weighted by Gasteiger charge is -2.17. The van der Waals surface area contributed by atoms with Gasteiger partial charge in [0, 0.05) is 19.3 Å². The van der Waals surface area contributed by atoms with Crippen molar-refractivity contribution in [3.8, 4) is 6.07 Å². The summed E-state index contributed by atoms with van der Waals surface area (Å²) in [5.74, 6) is 1.58. The minimum absolute atomic E-state index is 0.703. The largest absolute Gasteiger partial charge is 0.297 e. The lowest BCUT2D eigenvalue weighted by atomic mass is 9.95. The normalized spacial score (nSPS) is 18.8. The number of hydrogen-bond acceptors (Lipinski definition) is 3. The van der Waals surface area contributed by atoms with Gasteiger partial charge in [0.1, 0.15) is 0 Å². The minimum atomic E-state index is 0.703. The summed E-state index contributed by atoms with van der Waals surface area (Å²) < 4.78 is 0. The molecule has 0 spiro atoms. The van der Waals surface area contributed by atoms with Gasteiger partial charge in [-0.05, 0) is 36.9 Å². The second kappa shape index (κ2) is 7.91. The molecule has 104 valence electrons. The van der Waals surface area contributed by atoms with Crippen molar-refractivity contribution < 1.29 is 0 Å². The van der Waals surface area contributed by atoms with Crippen LogP contribution < -0.4 is 0 Å². The van der Waals surface area contributed by atoms with Crippen molar-refractivity contribution in [3.05, 3.63) is 29.6 Å². The van der Waals surface area contributed by atoms with Crippen LogP contribution in [0.1, 0.15) is 45.4 Å². The summed E-state index contributed by atoms with van der Waals surface area (Å²) in [6.45, 7) is 11.8. The Morgan fingerprint density at radius 3 is 2.79 bits per heavy atom. The Hall–Kier alpha value is -1.40. The number of likely N-dealkylation sites (tertiary alicyclic amines) is 1. The highest BCUT2D eigenvalue weighted by Gasteiger charge is 2.24. The first-order valence-corrected chi connectivity index (χ1v) is 7.26. The van der Waals surface area contributed by atoms with Gasteiger partial charge in [-0.15, -0.1) is 0 Å². The summed E-state index contributed by atoms with van der Waals surface area (Å²) in [7, 11) is 0. The van der Waals surface area contributed by atoms with Crippen LogP contribution in [0.2, 0.25) is 0 Å². The molecule has 1 saturated heterocycles. The summed E-state index contributed by atoms with van der Waals surface area (Å²) in [4.78, 5) is 6.77. The van der Waals surface area contributed by atoms with Crippen LogP contribution in [0.25, 0.3) is 0 Å². The SMILES string of the molecule is CC.CC(C)C1CCN(Cc2cc(C#N)ccn2)C1. The highest BCUT2D eigenvalue weighted by atomic mass is 15.1. The maximum Gasteiger partial charge on any atom is 0.0992 e. The predicted octanol–water partition coefficient (Wildman–Crippen LogP) is 3.46. The number of aromatic nitrogens is 1. The summed E-state index contributed by atoms with van der Waals surface area (Å²) in [5.41, 5.74) is 1.71. The molecule has 0 N–H and O–H groups in total. The van der Waals surface area contributed by atoms with E-state index < -0.39 is 0 Å². The van der Waals surface area contributed by atoms with E-state index in [1.807, 2.05) is 19.9 Å². The molecule has 1 fully saturated rings. The van der Waals surface area contributed by atoms with E-state index in [9.17, 15) is 0 Å². The maximum absolute atomic E-state index is 8.85. The average molecular weight is 259 g/mol. The van der Waals surface area contributed by atoms with Crippen LogP contribution >= 0.6 is 0 Å². The van der Waals surface area contributed by atoms with E-state index in [-0.39, 0.29) is 0 Å². The van der Waals surface area contributed by atoms with Crippen molar-refractivity contribution in [1.29, 1.82) is 5.26 Å². The highest BCUT2D eigenvalue weighted by molar-refractivity contribution is 5.28. The van der Waals surface area contributed by atoms with Crippen molar-refractivity contribution >= 4 is 0 Å². The number of pyridine rings is 1. The van der Waals surface area contributed by atoms with E-state index in [2.05, 4.69) is 29.8 Å². The molecular weight excluding hydrogens is 234 g/mol. The summed E-state index contributed by atoms with van der Waals surface area (Å²) in [6.07, 6.45) is 3.01. The van der Waals surface area contributed by atoms with E-state index in [0.717, 1.165) is 37.2 Å². The van der Waals surface area contributed by atoms with Gasteiger partial charge in [0.2, 0.25) is 0 Å². The number of rotatable bonds is 3. The summed E-state index contributed by atoms with van der Waals surface area (Å²) in [6, 6.07) is 5.81. The van der Waals surface area contributed by atoms with Crippen LogP contribution in [0.15, 0.2) is 18.3 Å². The Bertz CT molecular complexity index is 420. The van der Waals surface area contributed by atoms with Crippen molar-refractivity contribution in [2.75, 3.05) is 13.1 Å². The Balaban J connectivity index is 0.000000861. The molecule has 0 aromatic carbocycles. The standard InChI is InChI=1S/C14H19N3.C2H6/c1-11(2)13-4-6-17(9-13)10-14-7-12(8-15)3-5-16-14;1-2/h3,5,7,11,13H,4,6,9-10H2,1-2H3;1-2H3. The molecule has 0 radical (unpaired) electrons. The monoisotopic (exact) mass is 259 g/mol. The Labute approximate surface area is 117 Å². The van der Waals surface area contributed by atoms with Gasteiger partial charge in [0.15, 0.2) is 0 Å². The van der Waals surface area contributed by atoms with Crippen molar-refractivity contribution in [1.82, 2.24) is 9.88 Å². The highest BCUT2D eigenvalue weighted by Crippen LogP contribution is 2.24. The molecule has 2 heterocycles. The average Bonchev–Trinajstić information content (AvgIpc) is 2.90. The van der Waals surface area contributed by atoms with E-state index >= 15 is 0 Å². The van der Waals surface area contributed by atoms with Crippen LogP contribution in [-0.4, -0.2) is 23.0 Å². The first-order chi connectivity index (χ1) is 9.19. The zero-order chi connectivity index (χ0) is 14.3. The smallest absolute Gasteiger partial charge is 0.0992 e. The molecule has 19 heavy (non-hydrogen) atoms. The van der Waals surface area contributed by atoms with Gasteiger partial charge in [-0.3, -0.25) is 9.88 Å². The van der Waals surface area contributed by atoms with Crippen LogP contribution in [-0.2, 0) is 6.54 Å². The molecule has 0 saturated carbocycles. The Kier molecular flexibility index (Phi) is 6.52. The molecule has 0 bridgehead atoms. The Morgan fingerprint density at radius 2 is 2.21 bits per heavy atom. The van der Waals surface area contributed by atoms with Crippen LogP contribution in [0.3, 0.4) is 0 Å². The maximum atomic E-state index is 8.85. The molecule has 0 aliphatic carbocycles. The summed E-state index contributed by atoms with van der Waals surface area (Å²) in [5, 5.41) is 8.85. The number of hydrogen-bond donors (Lipinski definition) is 0. The fourth-order valence-corrected chi connectivity index (χ4v) is 2.41. The third-order valence-electron chi connectivity index (χ3n) is 3.58. The second-order valence-corrected chi connectivity index (χ2v) is 5.18. The topological polar surface area (TPSA) is 39.9 Å². The van der Waals surface area contributed by atoms with Gasteiger partial charge >= 0.3 is 0 Å². The molecular formula is C16H25N3. The number of nitrogens with zero attached hydrogens (tertiary/aromatic N) is 3. The summed E-state index contributed by atoms with van der Waals surface area (Å²) >= 11 is 0. The van der Waals surface area contributed by atoms with Crippen LogP contribution in [0.4, 0.5) is 0 Å². The minimum Gasteiger partial charge on any atom is -0.297 e. The zero-order valence-corrected chi connectivity index (χ0v) is 12.6. The lowest BCUT2D eigenvalue weighted by Crippen LogP contribution is -2.22. The molecule has 0 amide bonds. The number of nitriles is 1. The van der Waals surface area contributed by atoms with Gasteiger partial charge in [-0.1, -0.05) is 27.7 Å². The van der Waals surface area contributed by atoms with Gasteiger partial charge in [-0.2, -0.15) is 5.26 Å². The molecule has 1 atom stereocenters. The van der Waals surface area contributed by atoms with Crippen LogP contribution in [0, 0.1) is 23.2 Å². The molecule has 3 heteroatoms. The first kappa shape index (κ1) is 15.7. The molecule has 2 rings (SSSR count). The van der Waals surface area contributed by atoms with E-state index in [1.165, 1.54) is 6.42 Å². The van der Waals surface area contributed by atoms with Gasteiger partial charge in [0.05, 0.1) is 17.3 Å².